The molecule has 0 heterocycles. The number of halogens is 2. The fourth-order valence-corrected chi connectivity index (χ4v) is 1.15. The van der Waals surface area contributed by atoms with Gasteiger partial charge < -0.3 is 9.79 Å². The third-order valence-corrected chi connectivity index (χ3v) is 2.14. The third-order valence-electron chi connectivity index (χ3n) is 0.788. The standard InChI is InChI=1S/C4H7Cl2O4P/c1-3(4(6)2-5)10-11(7,8)9/h2-3H,1H3,(H2,7,8,9). The largest absolute Gasteiger partial charge is 0.470 e. The van der Waals surface area contributed by atoms with E-state index in [-0.39, 0.29) is 5.03 Å². The molecule has 66 valence electrons. The molecule has 0 spiro atoms. The molecule has 0 aliphatic heterocycles. The van der Waals surface area contributed by atoms with E-state index in [2.05, 4.69) is 4.52 Å². The molecular formula is C4H7Cl2O4P. The smallest absolute Gasteiger partial charge is 0.303 e. The normalized spacial score (nSPS) is 16.6. The molecule has 4 nitrogen and oxygen atoms in total. The van der Waals surface area contributed by atoms with Crippen molar-refractivity contribution in [3.63, 3.8) is 0 Å². The maximum Gasteiger partial charge on any atom is 0.470 e. The monoisotopic (exact) mass is 220 g/mol. The zero-order valence-electron chi connectivity index (χ0n) is 5.57. The summed E-state index contributed by atoms with van der Waals surface area (Å²) in [4.78, 5) is 16.6. The lowest BCUT2D eigenvalue weighted by molar-refractivity contribution is 0.169. The van der Waals surface area contributed by atoms with Crippen molar-refractivity contribution in [2.45, 2.75) is 13.0 Å². The molecule has 0 radical (unpaired) electrons. The SMILES string of the molecule is CC(OP(=O)(O)O)C(Cl)=CCl. The Labute approximate surface area is 74.0 Å². The highest BCUT2D eigenvalue weighted by Crippen LogP contribution is 2.39. The average Bonchev–Trinajstić information content (AvgIpc) is 1.82. The lowest BCUT2D eigenvalue weighted by Gasteiger charge is -2.11. The van der Waals surface area contributed by atoms with Gasteiger partial charge in [-0.1, -0.05) is 23.2 Å². The van der Waals surface area contributed by atoms with Gasteiger partial charge in [-0.05, 0) is 6.92 Å². The van der Waals surface area contributed by atoms with Crippen LogP contribution in [0, 0.1) is 0 Å². The molecule has 0 aromatic carbocycles. The molecule has 0 aliphatic rings. The number of phosphoric acid groups is 1. The van der Waals surface area contributed by atoms with Gasteiger partial charge in [0.1, 0.15) is 6.10 Å². The molecule has 0 saturated heterocycles. The van der Waals surface area contributed by atoms with Crippen molar-refractivity contribution in [3.05, 3.63) is 10.6 Å². The van der Waals surface area contributed by atoms with Crippen LogP contribution in [0.25, 0.3) is 0 Å². The highest BCUT2D eigenvalue weighted by atomic mass is 35.5. The number of rotatable bonds is 3. The first kappa shape index (κ1) is 11.4. The Hall–Kier alpha value is 0.430. The molecule has 0 rings (SSSR count). The minimum absolute atomic E-state index is 0.0370. The summed E-state index contributed by atoms with van der Waals surface area (Å²) in [6.45, 7) is 1.38. The number of hydrogen-bond acceptors (Lipinski definition) is 2. The van der Waals surface area contributed by atoms with Gasteiger partial charge in [-0.2, -0.15) is 0 Å². The Kier molecular flexibility index (Phi) is 4.63. The summed E-state index contributed by atoms with van der Waals surface area (Å²) in [6, 6.07) is 0. The van der Waals surface area contributed by atoms with E-state index in [1.54, 1.807) is 0 Å². The molecule has 0 amide bonds. The van der Waals surface area contributed by atoms with Gasteiger partial charge in [0.25, 0.3) is 0 Å². The fraction of sp³-hybridized carbons (Fsp3) is 0.500. The molecule has 7 heteroatoms. The average molecular weight is 221 g/mol. The maximum absolute atomic E-state index is 10.2. The quantitative estimate of drug-likeness (QED) is 0.713. The summed E-state index contributed by atoms with van der Waals surface area (Å²) in [5.41, 5.74) is 0.988. The Morgan fingerprint density at radius 1 is 1.73 bits per heavy atom. The summed E-state index contributed by atoms with van der Waals surface area (Å²) in [5, 5.41) is 0.0370. The molecule has 11 heavy (non-hydrogen) atoms. The van der Waals surface area contributed by atoms with Crippen LogP contribution in [0.3, 0.4) is 0 Å². The van der Waals surface area contributed by atoms with Gasteiger partial charge in [0, 0.05) is 5.54 Å². The first-order valence-corrected chi connectivity index (χ1v) is 4.91. The van der Waals surface area contributed by atoms with E-state index >= 15 is 0 Å². The van der Waals surface area contributed by atoms with Gasteiger partial charge in [0.05, 0.1) is 5.03 Å². The molecule has 1 unspecified atom stereocenters. The van der Waals surface area contributed by atoms with E-state index in [0.717, 1.165) is 5.54 Å². The molecule has 0 bridgehead atoms. The molecule has 0 aliphatic carbocycles. The second kappa shape index (κ2) is 4.45. The number of hydrogen-bond donors (Lipinski definition) is 2. The van der Waals surface area contributed by atoms with Crippen molar-refractivity contribution in [2.75, 3.05) is 0 Å². The fourth-order valence-electron chi connectivity index (χ4n) is 0.345. The van der Waals surface area contributed by atoms with Crippen LogP contribution in [0.4, 0.5) is 0 Å². The Morgan fingerprint density at radius 3 is 2.45 bits per heavy atom. The van der Waals surface area contributed by atoms with Crippen LogP contribution >= 0.6 is 31.0 Å². The Bertz CT molecular complexity index is 198. The Balaban J connectivity index is 4.09. The lowest BCUT2D eigenvalue weighted by Crippen LogP contribution is -2.05. The van der Waals surface area contributed by atoms with E-state index in [1.807, 2.05) is 0 Å². The van der Waals surface area contributed by atoms with Crippen LogP contribution in [0.2, 0.25) is 0 Å². The van der Waals surface area contributed by atoms with E-state index in [0.29, 0.717) is 0 Å². The molecule has 0 aromatic heterocycles. The molecule has 0 aromatic rings. The molecule has 0 fully saturated rings. The maximum atomic E-state index is 10.2. The van der Waals surface area contributed by atoms with Crippen molar-refractivity contribution in [1.29, 1.82) is 0 Å². The summed E-state index contributed by atoms with van der Waals surface area (Å²) < 4.78 is 14.4. The van der Waals surface area contributed by atoms with Gasteiger partial charge in [0.2, 0.25) is 0 Å². The first-order valence-electron chi connectivity index (χ1n) is 2.56. The summed E-state index contributed by atoms with van der Waals surface area (Å²) in [6.07, 6.45) is -0.894. The molecule has 2 N–H and O–H groups in total. The Morgan fingerprint density at radius 2 is 2.18 bits per heavy atom. The van der Waals surface area contributed by atoms with Gasteiger partial charge in [-0.15, -0.1) is 0 Å². The summed E-state index contributed by atoms with van der Waals surface area (Å²) in [7, 11) is -4.47. The topological polar surface area (TPSA) is 66.8 Å². The van der Waals surface area contributed by atoms with Gasteiger partial charge in [-0.25, -0.2) is 4.57 Å². The summed E-state index contributed by atoms with van der Waals surface area (Å²) >= 11 is 10.5. The van der Waals surface area contributed by atoms with Gasteiger partial charge in [-0.3, -0.25) is 4.52 Å². The third kappa shape index (κ3) is 5.67. The second-order valence-electron chi connectivity index (χ2n) is 1.73. The van der Waals surface area contributed by atoms with Crippen LogP contribution in [0.15, 0.2) is 10.6 Å². The van der Waals surface area contributed by atoms with E-state index in [4.69, 9.17) is 33.0 Å². The van der Waals surface area contributed by atoms with Crippen molar-refractivity contribution in [2.24, 2.45) is 0 Å². The zero-order chi connectivity index (χ0) is 9.07. The van der Waals surface area contributed by atoms with Crippen molar-refractivity contribution in [1.82, 2.24) is 0 Å². The van der Waals surface area contributed by atoms with Gasteiger partial charge >= 0.3 is 7.82 Å². The predicted molar refractivity (Wildman–Crippen MR) is 42.4 cm³/mol. The highest BCUT2D eigenvalue weighted by molar-refractivity contribution is 7.46. The predicted octanol–water partition coefficient (Wildman–Crippen LogP) is 1.80. The van der Waals surface area contributed by atoms with Crippen molar-refractivity contribution < 1.29 is 18.9 Å². The van der Waals surface area contributed by atoms with Crippen LogP contribution < -0.4 is 0 Å². The molecule has 0 saturated carbocycles. The first-order chi connectivity index (χ1) is 4.87. The van der Waals surface area contributed by atoms with Crippen molar-refractivity contribution >= 4 is 31.0 Å². The minimum Gasteiger partial charge on any atom is -0.303 e. The van der Waals surface area contributed by atoms with Gasteiger partial charge in [0.15, 0.2) is 0 Å². The molecular weight excluding hydrogens is 214 g/mol. The van der Waals surface area contributed by atoms with Crippen LogP contribution in [-0.2, 0) is 9.09 Å². The second-order valence-corrected chi connectivity index (χ2v) is 3.58. The van der Waals surface area contributed by atoms with Crippen LogP contribution in [0.5, 0.6) is 0 Å². The molecule has 1 atom stereocenters. The van der Waals surface area contributed by atoms with Crippen LogP contribution in [-0.4, -0.2) is 15.9 Å². The van der Waals surface area contributed by atoms with Crippen LogP contribution in [0.1, 0.15) is 6.92 Å². The van der Waals surface area contributed by atoms with E-state index < -0.39 is 13.9 Å². The number of phosphoric ester groups is 1. The van der Waals surface area contributed by atoms with E-state index in [9.17, 15) is 4.57 Å². The lowest BCUT2D eigenvalue weighted by atomic mass is 10.4. The zero-order valence-corrected chi connectivity index (χ0v) is 7.98. The van der Waals surface area contributed by atoms with Crippen molar-refractivity contribution in [3.8, 4) is 0 Å². The summed E-state index contributed by atoms with van der Waals surface area (Å²) in [5.74, 6) is 0. The van der Waals surface area contributed by atoms with E-state index in [1.165, 1.54) is 6.92 Å². The highest BCUT2D eigenvalue weighted by Gasteiger charge is 2.20. The minimum atomic E-state index is -4.47.